The molecule has 0 spiro atoms. The summed E-state index contributed by atoms with van der Waals surface area (Å²) in [6, 6.07) is 13.5. The number of ether oxygens (including phenoxy) is 2. The quantitative estimate of drug-likeness (QED) is 0.316. The molecule has 0 radical (unpaired) electrons. The van der Waals surface area contributed by atoms with Crippen LogP contribution >= 0.6 is 24.0 Å². The highest BCUT2D eigenvalue weighted by molar-refractivity contribution is 14.0. The summed E-state index contributed by atoms with van der Waals surface area (Å²) in [7, 11) is 5.02. The minimum Gasteiger partial charge on any atom is -0.497 e. The Balaban J connectivity index is 0.00000341. The predicted molar refractivity (Wildman–Crippen MR) is 134 cm³/mol. The Kier molecular flexibility index (Phi) is 10.3. The standard InChI is InChI=1S/C23H31FN4O2.HI/c1-25-23(26-14-17-9-10-22(24)18(12-17)16-29-2)27-19-6-5-11-28(15-19)20-7-4-8-21(13-20)30-3;/h4,7-10,12-13,19H,5-6,11,14-16H2,1-3H3,(H2,25,26,27);1H. The molecule has 0 aromatic heterocycles. The molecule has 2 aromatic rings. The zero-order chi connectivity index (χ0) is 21.3. The average Bonchev–Trinajstić information content (AvgIpc) is 2.79. The molecule has 1 saturated heterocycles. The third-order valence-electron chi connectivity index (χ3n) is 5.27. The average molecular weight is 542 g/mol. The summed E-state index contributed by atoms with van der Waals surface area (Å²) in [6.07, 6.45) is 2.18. The summed E-state index contributed by atoms with van der Waals surface area (Å²) >= 11 is 0. The minimum atomic E-state index is -0.247. The number of methoxy groups -OCH3 is 2. The number of hydrogen-bond acceptors (Lipinski definition) is 4. The van der Waals surface area contributed by atoms with Crippen molar-refractivity contribution in [3.63, 3.8) is 0 Å². The van der Waals surface area contributed by atoms with E-state index < -0.39 is 0 Å². The maximum atomic E-state index is 13.8. The van der Waals surface area contributed by atoms with Gasteiger partial charge in [-0.3, -0.25) is 4.99 Å². The summed E-state index contributed by atoms with van der Waals surface area (Å²) in [5.41, 5.74) is 2.70. The van der Waals surface area contributed by atoms with Gasteiger partial charge in [0.15, 0.2) is 5.96 Å². The van der Waals surface area contributed by atoms with E-state index in [1.54, 1.807) is 27.3 Å². The van der Waals surface area contributed by atoms with Crippen LogP contribution in [0.5, 0.6) is 5.75 Å². The summed E-state index contributed by atoms with van der Waals surface area (Å²) in [5, 5.41) is 6.85. The first kappa shape index (κ1) is 25.2. The molecular formula is C23H32FIN4O2. The third-order valence-corrected chi connectivity index (χ3v) is 5.27. The Morgan fingerprint density at radius 1 is 1.23 bits per heavy atom. The SMILES string of the molecule is CN=C(NCc1ccc(F)c(COC)c1)NC1CCCN(c2cccc(OC)c2)C1.I. The van der Waals surface area contributed by atoms with Crippen LogP contribution in [0.2, 0.25) is 0 Å². The molecule has 170 valence electrons. The number of halogens is 2. The van der Waals surface area contributed by atoms with Gasteiger partial charge in [-0.15, -0.1) is 24.0 Å². The smallest absolute Gasteiger partial charge is 0.191 e. The lowest BCUT2D eigenvalue weighted by molar-refractivity contribution is 0.181. The number of nitrogens with one attached hydrogen (secondary N) is 2. The van der Waals surface area contributed by atoms with Crippen molar-refractivity contribution in [1.29, 1.82) is 0 Å². The highest BCUT2D eigenvalue weighted by atomic mass is 127. The van der Waals surface area contributed by atoms with E-state index in [1.165, 1.54) is 11.8 Å². The Bertz CT molecular complexity index is 865. The second-order valence-corrected chi connectivity index (χ2v) is 7.42. The number of hydrogen-bond donors (Lipinski definition) is 2. The van der Waals surface area contributed by atoms with Crippen LogP contribution in [0.3, 0.4) is 0 Å². The van der Waals surface area contributed by atoms with Crippen molar-refractivity contribution in [2.45, 2.75) is 32.0 Å². The van der Waals surface area contributed by atoms with Gasteiger partial charge in [0.05, 0.1) is 13.7 Å². The van der Waals surface area contributed by atoms with Crippen LogP contribution in [-0.2, 0) is 17.9 Å². The fourth-order valence-corrected chi connectivity index (χ4v) is 3.71. The van der Waals surface area contributed by atoms with Crippen LogP contribution in [0.15, 0.2) is 47.5 Å². The summed E-state index contributed by atoms with van der Waals surface area (Å²) in [4.78, 5) is 6.72. The summed E-state index contributed by atoms with van der Waals surface area (Å²) in [6.45, 7) is 2.73. The number of rotatable bonds is 7. The van der Waals surface area contributed by atoms with Gasteiger partial charge in [0, 0.05) is 57.2 Å². The Morgan fingerprint density at radius 2 is 2.06 bits per heavy atom. The molecule has 1 aliphatic rings. The van der Waals surface area contributed by atoms with E-state index >= 15 is 0 Å². The van der Waals surface area contributed by atoms with Crippen LogP contribution in [0.25, 0.3) is 0 Å². The molecule has 0 aliphatic carbocycles. The molecule has 1 heterocycles. The normalized spacial score (nSPS) is 16.5. The van der Waals surface area contributed by atoms with Crippen LogP contribution < -0.4 is 20.3 Å². The molecule has 3 rings (SSSR count). The van der Waals surface area contributed by atoms with Crippen LogP contribution in [-0.4, -0.2) is 46.4 Å². The second kappa shape index (κ2) is 12.7. The molecule has 31 heavy (non-hydrogen) atoms. The zero-order valence-corrected chi connectivity index (χ0v) is 20.7. The van der Waals surface area contributed by atoms with Gasteiger partial charge in [-0.2, -0.15) is 0 Å². The first-order valence-corrected chi connectivity index (χ1v) is 10.3. The van der Waals surface area contributed by atoms with Crippen molar-refractivity contribution >= 4 is 35.6 Å². The van der Waals surface area contributed by atoms with E-state index in [0.717, 1.165) is 43.2 Å². The van der Waals surface area contributed by atoms with Crippen molar-refractivity contribution < 1.29 is 13.9 Å². The molecule has 0 amide bonds. The molecule has 0 bridgehead atoms. The number of aliphatic imine (C=N–C) groups is 1. The van der Waals surface area contributed by atoms with Crippen LogP contribution in [0.4, 0.5) is 10.1 Å². The van der Waals surface area contributed by atoms with Gasteiger partial charge in [-0.1, -0.05) is 12.1 Å². The molecule has 1 aliphatic heterocycles. The maximum Gasteiger partial charge on any atom is 0.191 e. The van der Waals surface area contributed by atoms with Gasteiger partial charge in [0.2, 0.25) is 0 Å². The molecule has 2 aromatic carbocycles. The van der Waals surface area contributed by atoms with E-state index in [-0.39, 0.29) is 42.4 Å². The van der Waals surface area contributed by atoms with Crippen LogP contribution in [0, 0.1) is 5.82 Å². The number of piperidine rings is 1. The summed E-state index contributed by atoms with van der Waals surface area (Å²) < 4.78 is 24.2. The third kappa shape index (κ3) is 7.24. The number of benzene rings is 2. The van der Waals surface area contributed by atoms with Crippen molar-refractivity contribution in [2.75, 3.05) is 39.3 Å². The van der Waals surface area contributed by atoms with Crippen LogP contribution in [0.1, 0.15) is 24.0 Å². The Morgan fingerprint density at radius 3 is 2.81 bits per heavy atom. The van der Waals surface area contributed by atoms with Gasteiger partial charge >= 0.3 is 0 Å². The first-order valence-electron chi connectivity index (χ1n) is 10.3. The van der Waals surface area contributed by atoms with Crippen molar-refractivity contribution in [3.8, 4) is 5.75 Å². The summed E-state index contributed by atoms with van der Waals surface area (Å²) in [5.74, 6) is 1.36. The maximum absolute atomic E-state index is 13.8. The lowest BCUT2D eigenvalue weighted by Crippen LogP contribution is -2.51. The molecule has 1 atom stereocenters. The monoisotopic (exact) mass is 542 g/mol. The number of anilines is 1. The Labute approximate surface area is 201 Å². The van der Waals surface area contributed by atoms with E-state index in [0.29, 0.717) is 12.1 Å². The van der Waals surface area contributed by atoms with E-state index in [1.807, 2.05) is 18.2 Å². The molecule has 0 saturated carbocycles. The highest BCUT2D eigenvalue weighted by Gasteiger charge is 2.21. The topological polar surface area (TPSA) is 58.1 Å². The van der Waals surface area contributed by atoms with Crippen molar-refractivity contribution in [3.05, 3.63) is 59.4 Å². The second-order valence-electron chi connectivity index (χ2n) is 7.42. The zero-order valence-electron chi connectivity index (χ0n) is 18.4. The molecule has 2 N–H and O–H groups in total. The number of guanidine groups is 1. The fraction of sp³-hybridized carbons (Fsp3) is 0.435. The van der Waals surface area contributed by atoms with Crippen molar-refractivity contribution in [1.82, 2.24) is 10.6 Å². The van der Waals surface area contributed by atoms with E-state index in [4.69, 9.17) is 9.47 Å². The molecule has 1 unspecified atom stereocenters. The highest BCUT2D eigenvalue weighted by Crippen LogP contribution is 2.24. The van der Waals surface area contributed by atoms with Crippen molar-refractivity contribution in [2.24, 2.45) is 4.99 Å². The molecule has 6 nitrogen and oxygen atoms in total. The lowest BCUT2D eigenvalue weighted by atomic mass is 10.0. The molecular weight excluding hydrogens is 510 g/mol. The molecule has 8 heteroatoms. The largest absolute Gasteiger partial charge is 0.497 e. The first-order chi connectivity index (χ1) is 14.6. The van der Waals surface area contributed by atoms with E-state index in [9.17, 15) is 4.39 Å². The van der Waals surface area contributed by atoms with Gasteiger partial charge in [-0.25, -0.2) is 4.39 Å². The van der Waals surface area contributed by atoms with E-state index in [2.05, 4.69) is 32.7 Å². The Hall–Kier alpha value is -2.07. The van der Waals surface area contributed by atoms with Gasteiger partial charge < -0.3 is 25.0 Å². The van der Waals surface area contributed by atoms with Gasteiger partial charge in [0.1, 0.15) is 11.6 Å². The van der Waals surface area contributed by atoms with Gasteiger partial charge in [0.25, 0.3) is 0 Å². The number of nitrogens with zero attached hydrogens (tertiary/aromatic N) is 2. The lowest BCUT2D eigenvalue weighted by Gasteiger charge is -2.35. The minimum absolute atomic E-state index is 0. The fourth-order valence-electron chi connectivity index (χ4n) is 3.71. The predicted octanol–water partition coefficient (Wildman–Crippen LogP) is 3.93. The molecule has 1 fully saturated rings. The van der Waals surface area contributed by atoms with Gasteiger partial charge in [-0.05, 0) is 42.7 Å².